The summed E-state index contributed by atoms with van der Waals surface area (Å²) in [5, 5.41) is 0. The number of ether oxygens (including phenoxy) is 1. The van der Waals surface area contributed by atoms with E-state index in [1.807, 2.05) is 30.3 Å². The van der Waals surface area contributed by atoms with Crippen molar-refractivity contribution in [3.05, 3.63) is 48.2 Å². The first kappa shape index (κ1) is 16.6. The molecule has 24 heavy (non-hydrogen) atoms. The number of carbonyl (C=O) groups is 2. The maximum atomic E-state index is 12.5. The van der Waals surface area contributed by atoms with E-state index in [4.69, 9.17) is 4.42 Å². The molecule has 1 aromatic heterocycles. The molecule has 1 aliphatic carbocycles. The van der Waals surface area contributed by atoms with E-state index < -0.39 is 5.97 Å². The average Bonchev–Trinajstić information content (AvgIpc) is 3.35. The summed E-state index contributed by atoms with van der Waals surface area (Å²) in [6.07, 6.45) is 3.24. The molecule has 0 bridgehead atoms. The van der Waals surface area contributed by atoms with Gasteiger partial charge in [-0.25, -0.2) is 9.78 Å². The number of hydrogen-bond donors (Lipinski definition) is 0. The Morgan fingerprint density at radius 1 is 1.33 bits per heavy atom. The van der Waals surface area contributed by atoms with E-state index in [2.05, 4.69) is 9.72 Å². The molecule has 1 aliphatic rings. The van der Waals surface area contributed by atoms with Crippen molar-refractivity contribution >= 4 is 23.6 Å². The van der Waals surface area contributed by atoms with Gasteiger partial charge in [0.2, 0.25) is 11.8 Å². The second-order valence-electron chi connectivity index (χ2n) is 5.47. The first-order valence-electron chi connectivity index (χ1n) is 7.67. The van der Waals surface area contributed by atoms with Gasteiger partial charge in [0, 0.05) is 10.9 Å². The molecule has 1 heterocycles. The van der Waals surface area contributed by atoms with E-state index >= 15 is 0 Å². The van der Waals surface area contributed by atoms with Crippen LogP contribution in [0.1, 0.15) is 29.2 Å². The van der Waals surface area contributed by atoms with E-state index in [0.717, 1.165) is 17.7 Å². The fourth-order valence-corrected chi connectivity index (χ4v) is 3.08. The lowest BCUT2D eigenvalue weighted by atomic mass is 10.4. The Balaban J connectivity index is 1.61. The molecule has 1 saturated carbocycles. The first-order valence-corrected chi connectivity index (χ1v) is 8.66. The van der Waals surface area contributed by atoms with Crippen LogP contribution in [0.5, 0.6) is 0 Å². The van der Waals surface area contributed by atoms with Crippen molar-refractivity contribution < 1.29 is 18.7 Å². The van der Waals surface area contributed by atoms with Gasteiger partial charge < -0.3 is 14.1 Å². The van der Waals surface area contributed by atoms with Gasteiger partial charge in [0.05, 0.1) is 19.4 Å². The zero-order valence-corrected chi connectivity index (χ0v) is 14.1. The lowest BCUT2D eigenvalue weighted by Crippen LogP contribution is -2.34. The zero-order chi connectivity index (χ0) is 16.9. The topological polar surface area (TPSA) is 72.6 Å². The van der Waals surface area contributed by atoms with Gasteiger partial charge in [0.15, 0.2) is 5.69 Å². The van der Waals surface area contributed by atoms with Crippen LogP contribution in [0, 0.1) is 0 Å². The highest BCUT2D eigenvalue weighted by atomic mass is 32.2. The molecular formula is C17H18N2O4S. The summed E-state index contributed by atoms with van der Waals surface area (Å²) in [6.45, 7) is 0.274. The molecule has 0 radical (unpaired) electrons. The second-order valence-corrected chi connectivity index (χ2v) is 6.52. The van der Waals surface area contributed by atoms with Crippen molar-refractivity contribution in [2.75, 3.05) is 12.9 Å². The van der Waals surface area contributed by atoms with E-state index in [1.54, 1.807) is 4.90 Å². The van der Waals surface area contributed by atoms with Crippen molar-refractivity contribution in [2.45, 2.75) is 30.3 Å². The van der Waals surface area contributed by atoms with Crippen molar-refractivity contribution in [1.82, 2.24) is 9.88 Å². The Morgan fingerprint density at radius 3 is 2.75 bits per heavy atom. The zero-order valence-electron chi connectivity index (χ0n) is 13.3. The van der Waals surface area contributed by atoms with Crippen molar-refractivity contribution in [2.24, 2.45) is 0 Å². The highest BCUT2D eigenvalue weighted by Crippen LogP contribution is 2.29. The minimum atomic E-state index is -0.547. The number of hydrogen-bond acceptors (Lipinski definition) is 6. The number of thioether (sulfide) groups is 1. The van der Waals surface area contributed by atoms with E-state index in [0.29, 0.717) is 11.6 Å². The maximum Gasteiger partial charge on any atom is 0.360 e. The van der Waals surface area contributed by atoms with Gasteiger partial charge in [-0.15, -0.1) is 11.8 Å². The van der Waals surface area contributed by atoms with Gasteiger partial charge in [-0.3, -0.25) is 4.79 Å². The average molecular weight is 346 g/mol. The number of nitrogens with zero attached hydrogens (tertiary/aromatic N) is 2. The Morgan fingerprint density at radius 2 is 2.08 bits per heavy atom. The molecular weight excluding hydrogens is 328 g/mol. The van der Waals surface area contributed by atoms with Crippen LogP contribution >= 0.6 is 11.8 Å². The summed E-state index contributed by atoms with van der Waals surface area (Å²) in [6, 6.07) is 10.1. The number of methoxy groups -OCH3 is 1. The summed E-state index contributed by atoms with van der Waals surface area (Å²) in [5.41, 5.74) is 0.120. The molecule has 0 N–H and O–H groups in total. The fourth-order valence-electron chi connectivity index (χ4n) is 2.28. The van der Waals surface area contributed by atoms with Crippen LogP contribution in [0.4, 0.5) is 0 Å². The van der Waals surface area contributed by atoms with Crippen LogP contribution < -0.4 is 0 Å². The monoisotopic (exact) mass is 346 g/mol. The molecule has 1 fully saturated rings. The fraction of sp³-hybridized carbons (Fsp3) is 0.353. The normalized spacial score (nSPS) is 13.5. The lowest BCUT2D eigenvalue weighted by Gasteiger charge is -2.20. The summed E-state index contributed by atoms with van der Waals surface area (Å²) in [4.78, 5) is 30.9. The smallest absolute Gasteiger partial charge is 0.360 e. The molecule has 7 heteroatoms. The minimum Gasteiger partial charge on any atom is -0.464 e. The number of rotatable bonds is 7. The maximum absolute atomic E-state index is 12.5. The highest BCUT2D eigenvalue weighted by Gasteiger charge is 2.33. The molecule has 6 nitrogen and oxygen atoms in total. The number of amides is 1. The summed E-state index contributed by atoms with van der Waals surface area (Å²) < 4.78 is 9.90. The third kappa shape index (κ3) is 4.17. The molecule has 2 aromatic rings. The Bertz CT molecular complexity index is 712. The summed E-state index contributed by atoms with van der Waals surface area (Å²) in [5.74, 6) is 0.212. The van der Waals surface area contributed by atoms with Gasteiger partial charge in [0.1, 0.15) is 6.26 Å². The molecule has 3 rings (SSSR count). The van der Waals surface area contributed by atoms with Gasteiger partial charge in [-0.2, -0.15) is 0 Å². The third-order valence-electron chi connectivity index (χ3n) is 3.67. The number of oxazole rings is 1. The number of benzene rings is 1. The standard InChI is InChI=1S/C17H18N2O4S/c1-22-17(21)14-10-23-15(18-14)9-19(12-7-8-12)16(20)11-24-13-5-3-2-4-6-13/h2-6,10,12H,7-9,11H2,1H3. The van der Waals surface area contributed by atoms with Crippen molar-refractivity contribution in [3.8, 4) is 0 Å². The van der Waals surface area contributed by atoms with Crippen LogP contribution in [0.15, 0.2) is 45.9 Å². The third-order valence-corrected chi connectivity index (χ3v) is 4.66. The molecule has 0 saturated heterocycles. The van der Waals surface area contributed by atoms with Gasteiger partial charge >= 0.3 is 5.97 Å². The number of carbonyl (C=O) groups excluding carboxylic acids is 2. The molecule has 0 unspecified atom stereocenters. The largest absolute Gasteiger partial charge is 0.464 e. The second kappa shape index (κ2) is 7.53. The van der Waals surface area contributed by atoms with Crippen LogP contribution in [0.2, 0.25) is 0 Å². The Labute approximate surface area is 144 Å². The molecule has 0 spiro atoms. The molecule has 0 atom stereocenters. The van der Waals surface area contributed by atoms with Crippen LogP contribution in [-0.4, -0.2) is 40.7 Å². The van der Waals surface area contributed by atoms with Crippen molar-refractivity contribution in [1.29, 1.82) is 0 Å². The van der Waals surface area contributed by atoms with Crippen LogP contribution in [-0.2, 0) is 16.1 Å². The van der Waals surface area contributed by atoms with Gasteiger partial charge in [-0.05, 0) is 25.0 Å². The van der Waals surface area contributed by atoms with Crippen LogP contribution in [0.3, 0.4) is 0 Å². The molecule has 0 aliphatic heterocycles. The highest BCUT2D eigenvalue weighted by molar-refractivity contribution is 8.00. The van der Waals surface area contributed by atoms with Gasteiger partial charge in [0.25, 0.3) is 0 Å². The lowest BCUT2D eigenvalue weighted by molar-refractivity contribution is -0.129. The minimum absolute atomic E-state index is 0.0455. The van der Waals surface area contributed by atoms with E-state index in [9.17, 15) is 9.59 Å². The molecule has 126 valence electrons. The predicted octanol–water partition coefficient (Wildman–Crippen LogP) is 2.74. The number of aromatic nitrogens is 1. The SMILES string of the molecule is COC(=O)c1coc(CN(C(=O)CSc2ccccc2)C2CC2)n1. The van der Waals surface area contributed by atoms with E-state index in [-0.39, 0.29) is 24.2 Å². The summed E-state index contributed by atoms with van der Waals surface area (Å²) in [7, 11) is 1.29. The quantitative estimate of drug-likeness (QED) is 0.567. The number of esters is 1. The van der Waals surface area contributed by atoms with E-state index in [1.165, 1.54) is 25.1 Å². The predicted molar refractivity (Wildman–Crippen MR) is 88.6 cm³/mol. The Kier molecular flexibility index (Phi) is 5.20. The van der Waals surface area contributed by atoms with Crippen LogP contribution in [0.25, 0.3) is 0 Å². The van der Waals surface area contributed by atoms with Gasteiger partial charge in [-0.1, -0.05) is 18.2 Å². The molecule has 1 amide bonds. The summed E-state index contributed by atoms with van der Waals surface area (Å²) >= 11 is 1.51. The Hall–Kier alpha value is -2.28. The molecule has 1 aromatic carbocycles. The first-order chi connectivity index (χ1) is 11.7. The van der Waals surface area contributed by atoms with Crippen molar-refractivity contribution in [3.63, 3.8) is 0 Å².